The summed E-state index contributed by atoms with van der Waals surface area (Å²) in [5, 5.41) is 19.3. The van der Waals surface area contributed by atoms with Crippen LogP contribution in [0.2, 0.25) is 0 Å². The molecule has 1 fully saturated rings. The van der Waals surface area contributed by atoms with Gasteiger partial charge in [-0.3, -0.25) is 0 Å². The van der Waals surface area contributed by atoms with Crippen LogP contribution in [-0.4, -0.2) is 27.6 Å². The van der Waals surface area contributed by atoms with Crippen LogP contribution in [-0.2, 0) is 22.7 Å². The van der Waals surface area contributed by atoms with E-state index in [1.165, 1.54) is 32.5 Å². The Hall–Kier alpha value is -3.80. The SMILES string of the molecule is COC1(O)C2(C)c3cc(C(C)C)c4ccccc4c3-c3c4c5cc6ccccc6cc5n(C)c4nc[n+]3C12C. The second-order valence-electron chi connectivity index (χ2n) is 12.1. The summed E-state index contributed by atoms with van der Waals surface area (Å²) >= 11 is 0. The first-order chi connectivity index (χ1) is 18.7. The molecule has 6 aromatic rings. The molecule has 5 heteroatoms. The fraction of sp³-hybridized carbons (Fsp3) is 0.294. The van der Waals surface area contributed by atoms with Crippen molar-refractivity contribution in [2.75, 3.05) is 7.11 Å². The first-order valence-electron chi connectivity index (χ1n) is 13.7. The summed E-state index contributed by atoms with van der Waals surface area (Å²) < 4.78 is 10.4. The van der Waals surface area contributed by atoms with E-state index in [2.05, 4.69) is 111 Å². The number of aromatic nitrogens is 3. The lowest BCUT2D eigenvalue weighted by Gasteiger charge is -2.29. The minimum atomic E-state index is -1.38. The lowest BCUT2D eigenvalue weighted by molar-refractivity contribution is -0.743. The van der Waals surface area contributed by atoms with Gasteiger partial charge in [0.25, 0.3) is 12.0 Å². The smallest absolute Gasteiger partial charge is 0.290 e. The average Bonchev–Trinajstić information content (AvgIpc) is 3.20. The number of aliphatic hydroxyl groups is 1. The molecule has 1 aliphatic carbocycles. The number of rotatable bonds is 2. The zero-order valence-electron chi connectivity index (χ0n) is 23.2. The molecule has 1 aliphatic heterocycles. The van der Waals surface area contributed by atoms with Crippen LogP contribution in [0.5, 0.6) is 0 Å². The minimum Gasteiger partial charge on any atom is -0.361 e. The largest absolute Gasteiger partial charge is 0.361 e. The van der Waals surface area contributed by atoms with Gasteiger partial charge in [0.2, 0.25) is 5.79 Å². The lowest BCUT2D eigenvalue weighted by atomic mass is 9.78. The summed E-state index contributed by atoms with van der Waals surface area (Å²) in [5.74, 6) is -1.05. The van der Waals surface area contributed by atoms with Crippen LogP contribution in [0, 0.1) is 0 Å². The first-order valence-corrected chi connectivity index (χ1v) is 13.7. The number of benzene rings is 4. The van der Waals surface area contributed by atoms with Crippen LogP contribution in [0.4, 0.5) is 0 Å². The minimum absolute atomic E-state index is 0.333. The van der Waals surface area contributed by atoms with Gasteiger partial charge in [-0.15, -0.1) is 0 Å². The third-order valence-electron chi connectivity index (χ3n) is 10.3. The second kappa shape index (κ2) is 7.04. The number of methoxy groups -OCH3 is 1. The number of fused-ring (bicyclic) bond motifs is 13. The summed E-state index contributed by atoms with van der Waals surface area (Å²) in [5.41, 5.74) is 5.39. The van der Waals surface area contributed by atoms with Crippen LogP contribution < -0.4 is 4.57 Å². The Morgan fingerprint density at radius 2 is 1.59 bits per heavy atom. The standard InChI is InChI=1S/C34H32N3O2/c1-19(2)24-17-26-28(23-14-10-9-13-22(23)24)30-29-25-15-20-11-7-8-12-21(20)16-27(25)36(5)31(29)35-18-37(30)33(4)32(26,3)34(33,38)39-6/h7-19,38H,1-6H3/q+1. The third-order valence-corrected chi connectivity index (χ3v) is 10.3. The molecule has 1 N–H and O–H groups in total. The molecular weight excluding hydrogens is 482 g/mol. The molecule has 0 saturated heterocycles. The van der Waals surface area contributed by atoms with E-state index in [9.17, 15) is 5.11 Å². The summed E-state index contributed by atoms with van der Waals surface area (Å²) in [6.07, 6.45) is 1.92. The van der Waals surface area contributed by atoms with E-state index >= 15 is 0 Å². The van der Waals surface area contributed by atoms with Crippen LogP contribution >= 0.6 is 0 Å². The van der Waals surface area contributed by atoms with E-state index in [4.69, 9.17) is 9.72 Å². The molecule has 1 saturated carbocycles. The zero-order chi connectivity index (χ0) is 27.1. The molecule has 0 amide bonds. The molecule has 2 aliphatic rings. The van der Waals surface area contributed by atoms with E-state index in [1.54, 1.807) is 7.11 Å². The highest BCUT2D eigenvalue weighted by atomic mass is 16.6. The summed E-state index contributed by atoms with van der Waals surface area (Å²) in [7, 11) is 3.72. The highest BCUT2D eigenvalue weighted by Gasteiger charge is 2.91. The molecule has 3 heterocycles. The van der Waals surface area contributed by atoms with Crippen molar-refractivity contribution in [2.45, 2.75) is 50.4 Å². The zero-order valence-corrected chi connectivity index (χ0v) is 23.2. The fourth-order valence-electron chi connectivity index (χ4n) is 7.97. The van der Waals surface area contributed by atoms with Crippen LogP contribution in [0.1, 0.15) is 44.7 Å². The Morgan fingerprint density at radius 3 is 2.28 bits per heavy atom. The molecule has 8 rings (SSSR count). The van der Waals surface area contributed by atoms with E-state index in [0.717, 1.165) is 33.4 Å². The molecule has 4 aromatic carbocycles. The van der Waals surface area contributed by atoms with Crippen molar-refractivity contribution in [3.8, 4) is 11.3 Å². The Balaban J connectivity index is 1.65. The Kier molecular flexibility index (Phi) is 4.17. The summed E-state index contributed by atoms with van der Waals surface area (Å²) in [6, 6.07) is 24.1. The quantitative estimate of drug-likeness (QED) is 0.214. The second-order valence-corrected chi connectivity index (χ2v) is 12.1. The van der Waals surface area contributed by atoms with Crippen molar-refractivity contribution >= 4 is 43.5 Å². The maximum Gasteiger partial charge on any atom is 0.290 e. The van der Waals surface area contributed by atoms with Gasteiger partial charge in [-0.2, -0.15) is 0 Å². The van der Waals surface area contributed by atoms with Gasteiger partial charge in [-0.05, 0) is 69.6 Å². The highest BCUT2D eigenvalue weighted by molar-refractivity contribution is 6.18. The lowest BCUT2D eigenvalue weighted by Crippen LogP contribution is -2.55. The highest BCUT2D eigenvalue weighted by Crippen LogP contribution is 2.72. The van der Waals surface area contributed by atoms with Gasteiger partial charge >= 0.3 is 0 Å². The molecule has 2 aromatic heterocycles. The van der Waals surface area contributed by atoms with Crippen molar-refractivity contribution in [3.05, 3.63) is 84.2 Å². The van der Waals surface area contributed by atoms with E-state index in [0.29, 0.717) is 5.92 Å². The topological polar surface area (TPSA) is 51.2 Å². The van der Waals surface area contributed by atoms with Crippen molar-refractivity contribution in [1.29, 1.82) is 0 Å². The number of aryl methyl sites for hydroxylation is 1. The summed E-state index contributed by atoms with van der Waals surface area (Å²) in [4.78, 5) is 5.03. The maximum absolute atomic E-state index is 12.2. The molecule has 0 spiro atoms. The molecule has 39 heavy (non-hydrogen) atoms. The van der Waals surface area contributed by atoms with E-state index < -0.39 is 16.7 Å². The first kappa shape index (κ1) is 23.1. The Morgan fingerprint density at radius 1 is 0.923 bits per heavy atom. The van der Waals surface area contributed by atoms with Gasteiger partial charge in [0.1, 0.15) is 16.5 Å². The number of nitrogens with zero attached hydrogens (tertiary/aromatic N) is 3. The van der Waals surface area contributed by atoms with Gasteiger partial charge in [0.15, 0.2) is 5.54 Å². The summed E-state index contributed by atoms with van der Waals surface area (Å²) in [6.45, 7) is 8.75. The number of ether oxygens (including phenoxy) is 1. The predicted molar refractivity (Wildman–Crippen MR) is 156 cm³/mol. The average molecular weight is 515 g/mol. The number of hydrogen-bond donors (Lipinski definition) is 1. The van der Waals surface area contributed by atoms with Crippen molar-refractivity contribution in [3.63, 3.8) is 0 Å². The fourth-order valence-corrected chi connectivity index (χ4v) is 7.97. The third kappa shape index (κ3) is 2.34. The Bertz CT molecular complexity index is 2060. The molecule has 5 nitrogen and oxygen atoms in total. The predicted octanol–water partition coefficient (Wildman–Crippen LogP) is 6.45. The van der Waals surface area contributed by atoms with Gasteiger partial charge in [-0.25, -0.2) is 4.57 Å². The molecule has 0 bridgehead atoms. The molecule has 194 valence electrons. The van der Waals surface area contributed by atoms with Crippen LogP contribution in [0.3, 0.4) is 0 Å². The van der Waals surface area contributed by atoms with Gasteiger partial charge in [-0.1, -0.05) is 68.4 Å². The molecular formula is C34H32N3O2+. The van der Waals surface area contributed by atoms with Gasteiger partial charge in [0, 0.05) is 25.1 Å². The Labute approximate surface area is 227 Å². The normalized spacial score (nSPS) is 25.4. The van der Waals surface area contributed by atoms with Gasteiger partial charge < -0.3 is 14.4 Å². The maximum atomic E-state index is 12.2. The molecule has 0 radical (unpaired) electrons. The van der Waals surface area contributed by atoms with Crippen LogP contribution in [0.15, 0.2) is 73.1 Å². The van der Waals surface area contributed by atoms with Crippen LogP contribution in [0.25, 0.3) is 54.7 Å². The van der Waals surface area contributed by atoms with E-state index in [-0.39, 0.29) is 0 Å². The van der Waals surface area contributed by atoms with Crippen molar-refractivity contribution < 1.29 is 14.4 Å². The molecule has 3 atom stereocenters. The van der Waals surface area contributed by atoms with Crippen molar-refractivity contribution in [2.24, 2.45) is 7.05 Å². The van der Waals surface area contributed by atoms with Gasteiger partial charge in [0.05, 0.1) is 5.52 Å². The van der Waals surface area contributed by atoms with Crippen molar-refractivity contribution in [1.82, 2.24) is 9.55 Å². The monoisotopic (exact) mass is 514 g/mol. The molecule has 3 unspecified atom stereocenters. The number of hydrogen-bond acceptors (Lipinski definition) is 3. The van der Waals surface area contributed by atoms with E-state index in [1.807, 2.05) is 6.33 Å².